The Kier molecular flexibility index (Phi) is 4.12. The third-order valence-corrected chi connectivity index (χ3v) is 3.97. The molecular weight excluding hydrogens is 242 g/mol. The Balaban J connectivity index is 1.46. The molecular formula is C13H23N5O. The van der Waals surface area contributed by atoms with Crippen LogP contribution in [0.4, 0.5) is 0 Å². The molecule has 6 heteroatoms. The van der Waals surface area contributed by atoms with Gasteiger partial charge < -0.3 is 15.0 Å². The standard InChI is InChI=1S/C13H23N5O/c19-12(9-16-4-1-14-2-5-16)10-17-7-8-18-6-3-15-13(18)11-17/h3,6,12,14,19H,1-2,4-5,7-11H2. The highest BCUT2D eigenvalue weighted by Crippen LogP contribution is 2.10. The van der Waals surface area contributed by atoms with Crippen molar-refractivity contribution in [2.24, 2.45) is 0 Å². The van der Waals surface area contributed by atoms with Crippen molar-refractivity contribution in [1.82, 2.24) is 24.7 Å². The Labute approximate surface area is 114 Å². The van der Waals surface area contributed by atoms with Gasteiger partial charge in [-0.3, -0.25) is 9.80 Å². The van der Waals surface area contributed by atoms with Crippen molar-refractivity contribution in [2.75, 3.05) is 45.8 Å². The van der Waals surface area contributed by atoms with Crippen LogP contribution >= 0.6 is 0 Å². The molecule has 2 N–H and O–H groups in total. The fraction of sp³-hybridized carbons (Fsp3) is 0.769. The fourth-order valence-electron chi connectivity index (χ4n) is 2.93. The highest BCUT2D eigenvalue weighted by molar-refractivity contribution is 4.95. The maximum Gasteiger partial charge on any atom is 0.122 e. The van der Waals surface area contributed by atoms with Crippen LogP contribution in [0, 0.1) is 0 Å². The molecule has 0 amide bonds. The van der Waals surface area contributed by atoms with Crippen LogP contribution < -0.4 is 5.32 Å². The van der Waals surface area contributed by atoms with Gasteiger partial charge >= 0.3 is 0 Å². The molecule has 0 aliphatic carbocycles. The molecule has 0 bridgehead atoms. The SMILES string of the molecule is OC(CN1CCNCC1)CN1CCn2ccnc2C1. The number of aliphatic hydroxyl groups excluding tert-OH is 1. The van der Waals surface area contributed by atoms with Gasteiger partial charge in [-0.05, 0) is 0 Å². The molecule has 3 rings (SSSR count). The molecule has 1 aromatic heterocycles. The number of fused-ring (bicyclic) bond motifs is 1. The van der Waals surface area contributed by atoms with E-state index in [1.807, 2.05) is 12.4 Å². The average molecular weight is 265 g/mol. The summed E-state index contributed by atoms with van der Waals surface area (Å²) >= 11 is 0. The first-order valence-corrected chi connectivity index (χ1v) is 7.15. The molecule has 0 saturated carbocycles. The molecule has 1 aromatic rings. The summed E-state index contributed by atoms with van der Waals surface area (Å²) in [5, 5.41) is 13.6. The highest BCUT2D eigenvalue weighted by Gasteiger charge is 2.21. The van der Waals surface area contributed by atoms with Crippen molar-refractivity contribution >= 4 is 0 Å². The van der Waals surface area contributed by atoms with Crippen LogP contribution in [0.3, 0.4) is 0 Å². The van der Waals surface area contributed by atoms with Gasteiger partial charge in [0.05, 0.1) is 12.6 Å². The lowest BCUT2D eigenvalue weighted by Crippen LogP contribution is -2.49. The molecule has 1 atom stereocenters. The summed E-state index contributed by atoms with van der Waals surface area (Å²) in [6.07, 6.45) is 3.62. The van der Waals surface area contributed by atoms with E-state index in [2.05, 4.69) is 24.7 Å². The number of aliphatic hydroxyl groups is 1. The van der Waals surface area contributed by atoms with E-state index >= 15 is 0 Å². The second-order valence-corrected chi connectivity index (χ2v) is 5.48. The monoisotopic (exact) mass is 265 g/mol. The van der Waals surface area contributed by atoms with Gasteiger partial charge in [0.2, 0.25) is 0 Å². The first-order valence-electron chi connectivity index (χ1n) is 7.15. The van der Waals surface area contributed by atoms with Crippen molar-refractivity contribution in [3.8, 4) is 0 Å². The number of hydrogen-bond donors (Lipinski definition) is 2. The maximum absolute atomic E-state index is 10.2. The first-order chi connectivity index (χ1) is 9.31. The van der Waals surface area contributed by atoms with Gasteiger partial charge in [-0.25, -0.2) is 4.98 Å². The summed E-state index contributed by atoms with van der Waals surface area (Å²) in [4.78, 5) is 8.99. The zero-order valence-electron chi connectivity index (χ0n) is 11.3. The van der Waals surface area contributed by atoms with Crippen LogP contribution in [0.2, 0.25) is 0 Å². The fourth-order valence-corrected chi connectivity index (χ4v) is 2.93. The summed E-state index contributed by atoms with van der Waals surface area (Å²) in [7, 11) is 0. The van der Waals surface area contributed by atoms with Crippen molar-refractivity contribution in [3.63, 3.8) is 0 Å². The molecule has 0 radical (unpaired) electrons. The van der Waals surface area contributed by atoms with Crippen molar-refractivity contribution in [3.05, 3.63) is 18.2 Å². The number of piperazine rings is 1. The third-order valence-electron chi connectivity index (χ3n) is 3.97. The van der Waals surface area contributed by atoms with E-state index in [4.69, 9.17) is 0 Å². The smallest absolute Gasteiger partial charge is 0.122 e. The molecule has 2 aliphatic rings. The second kappa shape index (κ2) is 6.00. The first kappa shape index (κ1) is 13.1. The molecule has 0 aromatic carbocycles. The number of hydrogen-bond acceptors (Lipinski definition) is 5. The Morgan fingerprint density at radius 1 is 1.16 bits per heavy atom. The number of imidazole rings is 1. The van der Waals surface area contributed by atoms with Crippen molar-refractivity contribution in [2.45, 2.75) is 19.2 Å². The summed E-state index contributed by atoms with van der Waals surface area (Å²) in [6.45, 7) is 8.53. The highest BCUT2D eigenvalue weighted by atomic mass is 16.3. The molecule has 3 heterocycles. The third kappa shape index (κ3) is 3.33. The Morgan fingerprint density at radius 2 is 1.95 bits per heavy atom. The van der Waals surface area contributed by atoms with Crippen LogP contribution in [0.1, 0.15) is 5.82 Å². The van der Waals surface area contributed by atoms with Crippen LogP contribution in [0.15, 0.2) is 12.4 Å². The molecule has 1 fully saturated rings. The van der Waals surface area contributed by atoms with Gasteiger partial charge in [0.25, 0.3) is 0 Å². The van der Waals surface area contributed by atoms with Gasteiger partial charge in [0.15, 0.2) is 0 Å². The number of β-amino-alcohol motifs (C(OH)–C–C–N with tert-alkyl or cyclic N) is 1. The lowest BCUT2D eigenvalue weighted by molar-refractivity contribution is 0.0600. The minimum atomic E-state index is -0.264. The van der Waals surface area contributed by atoms with Crippen molar-refractivity contribution < 1.29 is 5.11 Å². The minimum Gasteiger partial charge on any atom is -0.390 e. The minimum absolute atomic E-state index is 0.264. The van der Waals surface area contributed by atoms with E-state index in [-0.39, 0.29) is 6.10 Å². The van der Waals surface area contributed by atoms with Crippen LogP contribution in [0.25, 0.3) is 0 Å². The Bertz CT molecular complexity index is 401. The Hall–Kier alpha value is -0.950. The number of rotatable bonds is 4. The average Bonchev–Trinajstić information content (AvgIpc) is 2.87. The topological polar surface area (TPSA) is 56.6 Å². The maximum atomic E-state index is 10.2. The molecule has 19 heavy (non-hydrogen) atoms. The van der Waals surface area contributed by atoms with Crippen molar-refractivity contribution in [1.29, 1.82) is 0 Å². The summed E-state index contributed by atoms with van der Waals surface area (Å²) in [5.74, 6) is 1.11. The molecule has 6 nitrogen and oxygen atoms in total. The van der Waals surface area contributed by atoms with Crippen LogP contribution in [-0.4, -0.2) is 76.4 Å². The lowest BCUT2D eigenvalue weighted by atomic mass is 10.2. The quantitative estimate of drug-likeness (QED) is 0.729. The van der Waals surface area contributed by atoms with Gasteiger partial charge in [-0.2, -0.15) is 0 Å². The van der Waals surface area contributed by atoms with E-state index in [1.54, 1.807) is 0 Å². The van der Waals surface area contributed by atoms with E-state index in [1.165, 1.54) is 0 Å². The number of aromatic nitrogens is 2. The predicted octanol–water partition coefficient (Wildman–Crippen LogP) is -1.04. The number of nitrogens with zero attached hydrogens (tertiary/aromatic N) is 4. The predicted molar refractivity (Wildman–Crippen MR) is 72.8 cm³/mol. The van der Waals surface area contributed by atoms with Gasteiger partial charge in [-0.1, -0.05) is 0 Å². The summed E-state index contributed by atoms with van der Waals surface area (Å²) < 4.78 is 2.19. The molecule has 1 saturated heterocycles. The van der Waals surface area contributed by atoms with E-state index in [9.17, 15) is 5.11 Å². The molecule has 1 unspecified atom stereocenters. The normalized spacial score (nSPS) is 23.2. The van der Waals surface area contributed by atoms with Crippen LogP contribution in [-0.2, 0) is 13.1 Å². The van der Waals surface area contributed by atoms with E-state index in [0.29, 0.717) is 0 Å². The lowest BCUT2D eigenvalue weighted by Gasteiger charge is -2.33. The molecule has 2 aliphatic heterocycles. The molecule has 0 spiro atoms. The van der Waals surface area contributed by atoms with Gasteiger partial charge in [-0.15, -0.1) is 0 Å². The van der Waals surface area contributed by atoms with Gasteiger partial charge in [0, 0.05) is 64.8 Å². The molecule has 106 valence electrons. The van der Waals surface area contributed by atoms with E-state index < -0.39 is 0 Å². The summed E-state index contributed by atoms with van der Waals surface area (Å²) in [5.41, 5.74) is 0. The Morgan fingerprint density at radius 3 is 2.79 bits per heavy atom. The summed E-state index contributed by atoms with van der Waals surface area (Å²) in [6, 6.07) is 0. The second-order valence-electron chi connectivity index (χ2n) is 5.48. The van der Waals surface area contributed by atoms with E-state index in [0.717, 1.165) is 64.7 Å². The zero-order valence-corrected chi connectivity index (χ0v) is 11.3. The number of nitrogens with one attached hydrogen (secondary N) is 1. The van der Waals surface area contributed by atoms with Crippen LogP contribution in [0.5, 0.6) is 0 Å². The largest absolute Gasteiger partial charge is 0.390 e. The van der Waals surface area contributed by atoms with Gasteiger partial charge in [0.1, 0.15) is 5.82 Å². The zero-order chi connectivity index (χ0) is 13.1.